The van der Waals surface area contributed by atoms with Gasteiger partial charge in [-0.1, -0.05) is 26.8 Å². The minimum Gasteiger partial charge on any atom is -0.465 e. The maximum absolute atomic E-state index is 12.5. The van der Waals surface area contributed by atoms with Crippen LogP contribution in [0.2, 0.25) is 0 Å². The Kier molecular flexibility index (Phi) is 7.19. The Labute approximate surface area is 200 Å². The Hall–Kier alpha value is -1.52. The normalized spacial score (nSPS) is 15.8. The molecule has 1 aromatic carbocycles. The van der Waals surface area contributed by atoms with Crippen molar-refractivity contribution in [1.82, 2.24) is 5.32 Å². The van der Waals surface area contributed by atoms with Crippen LogP contribution in [0.25, 0.3) is 0 Å². The number of hydrogen-bond acceptors (Lipinski definition) is 5. The van der Waals surface area contributed by atoms with Crippen molar-refractivity contribution < 1.29 is 14.3 Å². The first-order valence-electron chi connectivity index (χ1n) is 9.71. The van der Waals surface area contributed by atoms with E-state index in [1.807, 2.05) is 12.1 Å². The summed E-state index contributed by atoms with van der Waals surface area (Å²) in [4.78, 5) is 26.2. The monoisotopic (exact) mass is 556 g/mol. The summed E-state index contributed by atoms with van der Waals surface area (Å²) in [5, 5.41) is 6.56. The van der Waals surface area contributed by atoms with E-state index in [0.717, 1.165) is 28.4 Å². The number of benzene rings is 1. The number of carbonyl (C=O) groups excluding carboxylic acids is 2. The van der Waals surface area contributed by atoms with E-state index in [0.29, 0.717) is 22.0 Å². The number of nitrogens with one attached hydrogen (secondary N) is 2. The van der Waals surface area contributed by atoms with Gasteiger partial charge in [0.05, 0.1) is 12.7 Å². The third-order valence-corrected chi connectivity index (χ3v) is 7.47. The van der Waals surface area contributed by atoms with Crippen molar-refractivity contribution in [3.63, 3.8) is 0 Å². The fourth-order valence-corrected chi connectivity index (χ4v) is 5.79. The van der Waals surface area contributed by atoms with Crippen LogP contribution in [-0.2, 0) is 17.6 Å². The van der Waals surface area contributed by atoms with Gasteiger partial charge in [0.25, 0.3) is 5.91 Å². The van der Waals surface area contributed by atoms with Gasteiger partial charge < -0.3 is 10.1 Å². The van der Waals surface area contributed by atoms with E-state index < -0.39 is 0 Å². The molecule has 1 aliphatic rings. The van der Waals surface area contributed by atoms with Crippen LogP contribution < -0.4 is 10.6 Å². The van der Waals surface area contributed by atoms with Crippen molar-refractivity contribution in [2.24, 2.45) is 11.3 Å². The van der Waals surface area contributed by atoms with Crippen LogP contribution in [0.3, 0.4) is 0 Å². The predicted octanol–water partition coefficient (Wildman–Crippen LogP) is 5.42. The second kappa shape index (κ2) is 9.32. The molecular weight excluding hydrogens is 531 g/mol. The lowest BCUT2D eigenvalue weighted by molar-refractivity contribution is 0.0600. The molecule has 1 atom stereocenters. The summed E-state index contributed by atoms with van der Waals surface area (Å²) in [5.41, 5.74) is 2.31. The first kappa shape index (κ1) is 23.1. The smallest absolute Gasteiger partial charge is 0.341 e. The molecule has 8 heteroatoms. The van der Waals surface area contributed by atoms with E-state index in [4.69, 9.17) is 17.0 Å². The molecule has 0 fully saturated rings. The maximum Gasteiger partial charge on any atom is 0.341 e. The second-order valence-corrected chi connectivity index (χ2v) is 11.2. The van der Waals surface area contributed by atoms with Crippen LogP contribution in [-0.4, -0.2) is 24.1 Å². The molecule has 0 saturated carbocycles. The fourth-order valence-electron chi connectivity index (χ4n) is 3.67. The van der Waals surface area contributed by atoms with Gasteiger partial charge >= 0.3 is 5.97 Å². The Balaban J connectivity index is 1.81. The number of anilines is 1. The number of fused-ring (bicyclic) bond motifs is 1. The fraction of sp³-hybridized carbons (Fsp3) is 0.409. The summed E-state index contributed by atoms with van der Waals surface area (Å²) in [6.45, 7) is 6.77. The summed E-state index contributed by atoms with van der Waals surface area (Å²) in [6, 6.07) is 7.25. The molecule has 1 aliphatic carbocycles. The highest BCUT2D eigenvalue weighted by atomic mass is 127. The van der Waals surface area contributed by atoms with Crippen LogP contribution in [0.1, 0.15) is 58.3 Å². The zero-order chi connectivity index (χ0) is 22.1. The lowest BCUT2D eigenvalue weighted by atomic mass is 9.72. The number of ether oxygens (including phenoxy) is 1. The van der Waals surface area contributed by atoms with Crippen molar-refractivity contribution in [3.05, 3.63) is 49.4 Å². The van der Waals surface area contributed by atoms with Crippen molar-refractivity contribution in [1.29, 1.82) is 0 Å². The Morgan fingerprint density at radius 2 is 2.03 bits per heavy atom. The minimum absolute atomic E-state index is 0.162. The molecule has 3 rings (SSSR count). The molecular formula is C22H25IN2O3S2. The van der Waals surface area contributed by atoms with Gasteiger partial charge in [-0.2, -0.15) is 0 Å². The number of amides is 1. The van der Waals surface area contributed by atoms with Gasteiger partial charge in [-0.3, -0.25) is 10.1 Å². The molecule has 0 saturated heterocycles. The van der Waals surface area contributed by atoms with Gasteiger partial charge in [0, 0.05) is 14.0 Å². The topological polar surface area (TPSA) is 67.4 Å². The number of thiocarbonyl (C=S) groups is 1. The van der Waals surface area contributed by atoms with Crippen molar-refractivity contribution >= 4 is 68.1 Å². The number of methoxy groups -OCH3 is 1. The van der Waals surface area contributed by atoms with Crippen LogP contribution in [0.4, 0.5) is 5.00 Å². The zero-order valence-corrected chi connectivity index (χ0v) is 21.2. The Bertz CT molecular complexity index is 995. The highest BCUT2D eigenvalue weighted by Crippen LogP contribution is 2.44. The maximum atomic E-state index is 12.5. The number of thiophene rings is 1. The Morgan fingerprint density at radius 1 is 1.30 bits per heavy atom. The SMILES string of the molecule is COC(=O)c1c(NC(=S)NC(=O)c2cccc(I)c2)sc2c1CCC(C(C)(C)C)C2. The van der Waals surface area contributed by atoms with E-state index in [2.05, 4.69) is 54.0 Å². The third kappa shape index (κ3) is 5.20. The highest BCUT2D eigenvalue weighted by molar-refractivity contribution is 14.1. The summed E-state index contributed by atoms with van der Waals surface area (Å²) in [6.07, 6.45) is 2.79. The molecule has 0 aliphatic heterocycles. The van der Waals surface area contributed by atoms with E-state index >= 15 is 0 Å². The molecule has 1 amide bonds. The molecule has 1 heterocycles. The number of halogens is 1. The molecule has 2 N–H and O–H groups in total. The third-order valence-electron chi connectivity index (χ3n) is 5.42. The van der Waals surface area contributed by atoms with Gasteiger partial charge in [-0.15, -0.1) is 11.3 Å². The number of rotatable bonds is 3. The second-order valence-electron chi connectivity index (χ2n) is 8.42. The number of hydrogen-bond donors (Lipinski definition) is 2. The van der Waals surface area contributed by atoms with Crippen LogP contribution >= 0.6 is 46.1 Å². The lowest BCUT2D eigenvalue weighted by Gasteiger charge is -2.33. The summed E-state index contributed by atoms with van der Waals surface area (Å²) >= 11 is 9.04. The minimum atomic E-state index is -0.379. The van der Waals surface area contributed by atoms with Crippen molar-refractivity contribution in [3.8, 4) is 0 Å². The van der Waals surface area contributed by atoms with Crippen LogP contribution in [0.5, 0.6) is 0 Å². The van der Waals surface area contributed by atoms with Gasteiger partial charge in [0.15, 0.2) is 5.11 Å². The van der Waals surface area contributed by atoms with Crippen molar-refractivity contribution in [2.75, 3.05) is 12.4 Å². The first-order valence-corrected chi connectivity index (χ1v) is 12.0. The quantitative estimate of drug-likeness (QED) is 0.301. The molecule has 0 radical (unpaired) electrons. The molecule has 160 valence electrons. The molecule has 1 unspecified atom stereocenters. The van der Waals surface area contributed by atoms with E-state index in [1.54, 1.807) is 12.1 Å². The summed E-state index contributed by atoms with van der Waals surface area (Å²) < 4.78 is 6.00. The van der Waals surface area contributed by atoms with Gasteiger partial charge in [-0.05, 0) is 89.2 Å². The molecule has 1 aromatic heterocycles. The number of esters is 1. The molecule has 5 nitrogen and oxygen atoms in total. The molecule has 30 heavy (non-hydrogen) atoms. The zero-order valence-electron chi connectivity index (χ0n) is 17.4. The standard InChI is InChI=1S/C22H25IN2O3S2/c1-22(2,3)13-8-9-15-16(11-13)30-19(17(15)20(27)28-4)25-21(29)24-18(26)12-6-5-7-14(23)10-12/h5-7,10,13H,8-9,11H2,1-4H3,(H2,24,25,26,29). The highest BCUT2D eigenvalue weighted by Gasteiger charge is 2.34. The Morgan fingerprint density at radius 3 is 2.67 bits per heavy atom. The van der Waals surface area contributed by atoms with Crippen molar-refractivity contribution in [2.45, 2.75) is 40.0 Å². The summed E-state index contributed by atoms with van der Waals surface area (Å²) in [7, 11) is 1.38. The van der Waals surface area contributed by atoms with Gasteiger partial charge in [0.2, 0.25) is 0 Å². The molecule has 0 bridgehead atoms. The molecule has 2 aromatic rings. The lowest BCUT2D eigenvalue weighted by Crippen LogP contribution is -2.34. The van der Waals surface area contributed by atoms with E-state index in [9.17, 15) is 9.59 Å². The van der Waals surface area contributed by atoms with Crippen LogP contribution in [0, 0.1) is 14.9 Å². The van der Waals surface area contributed by atoms with E-state index in [1.165, 1.54) is 23.3 Å². The van der Waals surface area contributed by atoms with Gasteiger partial charge in [0.1, 0.15) is 5.00 Å². The first-order chi connectivity index (χ1) is 14.1. The van der Waals surface area contributed by atoms with Gasteiger partial charge in [-0.25, -0.2) is 4.79 Å². The average Bonchev–Trinajstić information content (AvgIpc) is 3.03. The van der Waals surface area contributed by atoms with E-state index in [-0.39, 0.29) is 22.4 Å². The number of carbonyl (C=O) groups is 2. The average molecular weight is 556 g/mol. The molecule has 0 spiro atoms. The predicted molar refractivity (Wildman–Crippen MR) is 133 cm³/mol. The summed E-state index contributed by atoms with van der Waals surface area (Å²) in [5.74, 6) is -0.120. The van der Waals surface area contributed by atoms with Crippen LogP contribution in [0.15, 0.2) is 24.3 Å². The largest absolute Gasteiger partial charge is 0.465 e.